The number of sulfonamides is 1. The molecule has 2 N–H and O–H groups in total. The van der Waals surface area contributed by atoms with Gasteiger partial charge in [0, 0.05) is 31.4 Å². The average Bonchev–Trinajstić information content (AvgIpc) is 2.72. The second-order valence-electron chi connectivity index (χ2n) is 7.39. The van der Waals surface area contributed by atoms with Gasteiger partial charge in [-0.3, -0.25) is 4.72 Å². The molecule has 0 unspecified atom stereocenters. The summed E-state index contributed by atoms with van der Waals surface area (Å²) >= 11 is 0. The lowest BCUT2D eigenvalue weighted by atomic mass is 10.0. The number of alkyl halides is 3. The van der Waals surface area contributed by atoms with Crippen LogP contribution in [0, 0.1) is 0 Å². The summed E-state index contributed by atoms with van der Waals surface area (Å²) in [5.74, 6) is -0.209. The first-order valence-electron chi connectivity index (χ1n) is 10.1. The number of anilines is 2. The zero-order valence-electron chi connectivity index (χ0n) is 17.2. The molecule has 10 heteroatoms. The van der Waals surface area contributed by atoms with Crippen molar-refractivity contribution in [1.82, 2.24) is 5.32 Å². The lowest BCUT2D eigenvalue weighted by Crippen LogP contribution is -2.42. The van der Waals surface area contributed by atoms with Gasteiger partial charge in [-0.1, -0.05) is 18.2 Å². The minimum atomic E-state index is -4.70. The number of hydrogen-bond donors (Lipinski definition) is 2. The van der Waals surface area contributed by atoms with Crippen LogP contribution in [0.3, 0.4) is 0 Å². The van der Waals surface area contributed by atoms with E-state index >= 15 is 0 Å². The SMILES string of the molecule is CCS(=O)(=O)Nc1cccc(N2CCC(NCc3cccc(OC(F)(F)F)c3)CC2)c1. The van der Waals surface area contributed by atoms with E-state index in [0.29, 0.717) is 12.2 Å². The predicted molar refractivity (Wildman–Crippen MR) is 115 cm³/mol. The molecule has 2 aromatic carbocycles. The van der Waals surface area contributed by atoms with Gasteiger partial charge in [0.05, 0.1) is 11.4 Å². The van der Waals surface area contributed by atoms with Crippen molar-refractivity contribution in [3.05, 3.63) is 54.1 Å². The highest BCUT2D eigenvalue weighted by molar-refractivity contribution is 7.92. The molecule has 1 aliphatic heterocycles. The van der Waals surface area contributed by atoms with E-state index in [0.717, 1.165) is 37.2 Å². The Bertz CT molecular complexity index is 975. The highest BCUT2D eigenvalue weighted by atomic mass is 32.2. The third-order valence-corrected chi connectivity index (χ3v) is 6.39. The predicted octanol–water partition coefficient (Wildman–Crippen LogP) is 4.11. The fourth-order valence-corrected chi connectivity index (χ4v) is 4.10. The van der Waals surface area contributed by atoms with Crippen LogP contribution in [0.4, 0.5) is 24.5 Å². The molecule has 0 saturated carbocycles. The number of benzene rings is 2. The van der Waals surface area contributed by atoms with Crippen LogP contribution in [0.2, 0.25) is 0 Å². The maximum absolute atomic E-state index is 12.4. The molecule has 0 amide bonds. The van der Waals surface area contributed by atoms with Crippen molar-refractivity contribution in [3.63, 3.8) is 0 Å². The van der Waals surface area contributed by atoms with Crippen LogP contribution in [-0.2, 0) is 16.6 Å². The van der Waals surface area contributed by atoms with E-state index in [1.807, 2.05) is 18.2 Å². The van der Waals surface area contributed by atoms with Crippen LogP contribution in [-0.4, -0.2) is 39.7 Å². The summed E-state index contributed by atoms with van der Waals surface area (Å²) in [6, 6.07) is 13.5. The molecule has 0 bridgehead atoms. The van der Waals surface area contributed by atoms with Crippen molar-refractivity contribution in [1.29, 1.82) is 0 Å². The van der Waals surface area contributed by atoms with E-state index in [1.54, 1.807) is 25.1 Å². The summed E-state index contributed by atoms with van der Waals surface area (Å²) in [7, 11) is -3.33. The van der Waals surface area contributed by atoms with Crippen LogP contribution < -0.4 is 19.7 Å². The van der Waals surface area contributed by atoms with E-state index in [1.165, 1.54) is 12.1 Å². The maximum atomic E-state index is 12.4. The van der Waals surface area contributed by atoms with Gasteiger partial charge in [-0.15, -0.1) is 13.2 Å². The second-order valence-corrected chi connectivity index (χ2v) is 9.40. The van der Waals surface area contributed by atoms with Crippen LogP contribution >= 0.6 is 0 Å². The Morgan fingerprint density at radius 2 is 1.81 bits per heavy atom. The Labute approximate surface area is 180 Å². The fraction of sp³-hybridized carbons (Fsp3) is 0.429. The van der Waals surface area contributed by atoms with Gasteiger partial charge in [0.25, 0.3) is 0 Å². The molecule has 1 heterocycles. The molecule has 0 atom stereocenters. The highest BCUT2D eigenvalue weighted by Gasteiger charge is 2.31. The topological polar surface area (TPSA) is 70.7 Å². The zero-order chi connectivity index (χ0) is 22.5. The molecule has 1 fully saturated rings. The molecule has 1 aliphatic rings. The fourth-order valence-electron chi connectivity index (χ4n) is 3.47. The molecule has 0 aliphatic carbocycles. The smallest absolute Gasteiger partial charge is 0.406 e. The normalized spacial score (nSPS) is 15.7. The van der Waals surface area contributed by atoms with Crippen molar-refractivity contribution < 1.29 is 26.3 Å². The quantitative estimate of drug-likeness (QED) is 0.625. The van der Waals surface area contributed by atoms with Crippen molar-refractivity contribution in [2.75, 3.05) is 28.5 Å². The molecule has 0 aromatic heterocycles. The summed E-state index contributed by atoms with van der Waals surface area (Å²) in [4.78, 5) is 2.19. The number of ether oxygens (including phenoxy) is 1. The van der Waals surface area contributed by atoms with Crippen molar-refractivity contribution in [2.24, 2.45) is 0 Å². The van der Waals surface area contributed by atoms with Gasteiger partial charge in [-0.2, -0.15) is 0 Å². The first kappa shape index (κ1) is 23.2. The summed E-state index contributed by atoms with van der Waals surface area (Å²) in [5, 5.41) is 3.39. The largest absolute Gasteiger partial charge is 0.573 e. The zero-order valence-corrected chi connectivity index (χ0v) is 18.0. The third kappa shape index (κ3) is 7.32. The molecule has 31 heavy (non-hydrogen) atoms. The lowest BCUT2D eigenvalue weighted by molar-refractivity contribution is -0.274. The number of rotatable bonds is 8. The second kappa shape index (κ2) is 9.78. The number of piperidine rings is 1. The third-order valence-electron chi connectivity index (χ3n) is 5.09. The Morgan fingerprint density at radius 1 is 1.10 bits per heavy atom. The molecule has 1 saturated heterocycles. The number of nitrogens with zero attached hydrogens (tertiary/aromatic N) is 1. The maximum Gasteiger partial charge on any atom is 0.573 e. The standard InChI is InChI=1S/C21H26F3N3O3S/c1-2-31(28,29)26-18-6-4-7-19(14-18)27-11-9-17(10-12-27)25-15-16-5-3-8-20(13-16)30-21(22,23)24/h3-8,13-14,17,25-26H,2,9-12,15H2,1H3. The van der Waals surface area contributed by atoms with Crippen molar-refractivity contribution in [2.45, 2.75) is 38.7 Å². The van der Waals surface area contributed by atoms with E-state index in [-0.39, 0.29) is 17.5 Å². The molecular weight excluding hydrogens is 431 g/mol. The molecule has 0 radical (unpaired) electrons. The monoisotopic (exact) mass is 457 g/mol. The van der Waals surface area contributed by atoms with Crippen LogP contribution in [0.5, 0.6) is 5.75 Å². The summed E-state index contributed by atoms with van der Waals surface area (Å²) < 4.78 is 67.2. The Hall–Kier alpha value is -2.46. The van der Waals surface area contributed by atoms with Gasteiger partial charge in [-0.25, -0.2) is 8.42 Å². The Balaban J connectivity index is 1.51. The molecule has 6 nitrogen and oxygen atoms in total. The summed E-state index contributed by atoms with van der Waals surface area (Å²) in [5.41, 5.74) is 2.22. The van der Waals surface area contributed by atoms with Gasteiger partial charge in [0.15, 0.2) is 0 Å². The van der Waals surface area contributed by atoms with Gasteiger partial charge in [0.1, 0.15) is 5.75 Å². The lowest BCUT2D eigenvalue weighted by Gasteiger charge is -2.34. The van der Waals surface area contributed by atoms with E-state index in [9.17, 15) is 21.6 Å². The van der Waals surface area contributed by atoms with Crippen molar-refractivity contribution in [3.8, 4) is 5.75 Å². The Morgan fingerprint density at radius 3 is 2.48 bits per heavy atom. The van der Waals surface area contributed by atoms with E-state index in [4.69, 9.17) is 0 Å². The highest BCUT2D eigenvalue weighted by Crippen LogP contribution is 2.25. The van der Waals surface area contributed by atoms with Crippen molar-refractivity contribution >= 4 is 21.4 Å². The average molecular weight is 458 g/mol. The Kier molecular flexibility index (Phi) is 7.32. The van der Waals surface area contributed by atoms with Gasteiger partial charge >= 0.3 is 6.36 Å². The van der Waals surface area contributed by atoms with Crippen LogP contribution in [0.1, 0.15) is 25.3 Å². The molecular formula is C21H26F3N3O3S. The van der Waals surface area contributed by atoms with Gasteiger partial charge in [-0.05, 0) is 55.7 Å². The van der Waals surface area contributed by atoms with E-state index in [2.05, 4.69) is 19.7 Å². The number of nitrogens with one attached hydrogen (secondary N) is 2. The van der Waals surface area contributed by atoms with Gasteiger partial charge in [0.2, 0.25) is 10.0 Å². The molecule has 2 aromatic rings. The first-order chi connectivity index (χ1) is 14.6. The minimum absolute atomic E-state index is 0.0134. The van der Waals surface area contributed by atoms with E-state index < -0.39 is 16.4 Å². The van der Waals surface area contributed by atoms with Crippen LogP contribution in [0.25, 0.3) is 0 Å². The number of halogens is 3. The first-order valence-corrected chi connectivity index (χ1v) is 11.7. The number of hydrogen-bond acceptors (Lipinski definition) is 5. The van der Waals surface area contributed by atoms with Crippen LogP contribution in [0.15, 0.2) is 48.5 Å². The summed E-state index contributed by atoms with van der Waals surface area (Å²) in [6.07, 6.45) is -2.97. The molecule has 3 rings (SSSR count). The molecule has 170 valence electrons. The van der Waals surface area contributed by atoms with Gasteiger partial charge < -0.3 is 15.0 Å². The molecule has 0 spiro atoms. The minimum Gasteiger partial charge on any atom is -0.406 e. The summed E-state index contributed by atoms with van der Waals surface area (Å²) in [6.45, 7) is 3.62.